The number of ether oxygens (including phenoxy) is 2. The molecule has 0 bridgehead atoms. The maximum Gasteiger partial charge on any atom is 0.222 e. The maximum absolute atomic E-state index is 9.26. The first kappa shape index (κ1) is 15.5. The molecule has 0 atom stereocenters. The molecule has 2 rings (SSSR count). The van der Waals surface area contributed by atoms with Crippen molar-refractivity contribution in [3.8, 4) is 23.1 Å². The molecule has 0 saturated carbocycles. The molecule has 7 nitrogen and oxygen atoms in total. The Morgan fingerprint density at radius 1 is 1.27 bits per heavy atom. The molecule has 0 fully saturated rings. The molecule has 1 heterocycles. The molecule has 0 radical (unpaired) electrons. The number of methoxy groups -OCH3 is 1. The molecule has 7 heteroatoms. The van der Waals surface area contributed by atoms with Gasteiger partial charge in [-0.3, -0.25) is 0 Å². The van der Waals surface area contributed by atoms with Crippen molar-refractivity contribution in [3.05, 3.63) is 29.3 Å². The van der Waals surface area contributed by atoms with Gasteiger partial charge in [0.05, 0.1) is 19.4 Å². The van der Waals surface area contributed by atoms with Crippen molar-refractivity contribution in [2.24, 2.45) is 0 Å². The fraction of sp³-hybridized carbons (Fsp3) is 0.267. The van der Waals surface area contributed by atoms with Gasteiger partial charge in [0.25, 0.3) is 0 Å². The lowest BCUT2D eigenvalue weighted by atomic mass is 10.0. The highest BCUT2D eigenvalue weighted by atomic mass is 16.5. The lowest BCUT2D eigenvalue weighted by Gasteiger charge is -2.12. The quantitative estimate of drug-likeness (QED) is 0.862. The van der Waals surface area contributed by atoms with E-state index in [0.29, 0.717) is 30.2 Å². The second kappa shape index (κ2) is 6.74. The van der Waals surface area contributed by atoms with Crippen molar-refractivity contribution < 1.29 is 9.47 Å². The number of anilines is 2. The fourth-order valence-corrected chi connectivity index (χ4v) is 2.07. The standard InChI is InChI=1S/C15H17N5O2/c1-3-22-8-10-6-9(4-5-12(10)21-2)13-11(7-16)14(17)20-15(18)19-13/h4-6H,3,8H2,1-2H3,(H4,17,18,19,20). The highest BCUT2D eigenvalue weighted by molar-refractivity contribution is 5.74. The SMILES string of the molecule is CCOCc1cc(-c2nc(N)nc(N)c2C#N)ccc1OC. The molecule has 22 heavy (non-hydrogen) atoms. The highest BCUT2D eigenvalue weighted by Crippen LogP contribution is 2.30. The average molecular weight is 299 g/mol. The Balaban J connectivity index is 2.56. The van der Waals surface area contributed by atoms with Crippen LogP contribution in [0.25, 0.3) is 11.3 Å². The summed E-state index contributed by atoms with van der Waals surface area (Å²) in [6, 6.07) is 7.44. The van der Waals surface area contributed by atoms with E-state index in [4.69, 9.17) is 20.9 Å². The van der Waals surface area contributed by atoms with E-state index < -0.39 is 0 Å². The van der Waals surface area contributed by atoms with E-state index in [1.807, 2.05) is 19.1 Å². The van der Waals surface area contributed by atoms with E-state index in [-0.39, 0.29) is 17.3 Å². The van der Waals surface area contributed by atoms with Crippen molar-refractivity contribution >= 4 is 11.8 Å². The average Bonchev–Trinajstić information content (AvgIpc) is 2.52. The van der Waals surface area contributed by atoms with Gasteiger partial charge >= 0.3 is 0 Å². The van der Waals surface area contributed by atoms with Crippen LogP contribution in [0.5, 0.6) is 5.75 Å². The van der Waals surface area contributed by atoms with Crippen LogP contribution < -0.4 is 16.2 Å². The largest absolute Gasteiger partial charge is 0.496 e. The lowest BCUT2D eigenvalue weighted by molar-refractivity contribution is 0.132. The van der Waals surface area contributed by atoms with Gasteiger partial charge in [-0.2, -0.15) is 10.2 Å². The van der Waals surface area contributed by atoms with Crippen LogP contribution in [0.15, 0.2) is 18.2 Å². The molecule has 0 saturated heterocycles. The first-order valence-corrected chi connectivity index (χ1v) is 6.68. The van der Waals surface area contributed by atoms with E-state index in [0.717, 1.165) is 5.56 Å². The zero-order chi connectivity index (χ0) is 16.1. The second-order valence-electron chi connectivity index (χ2n) is 4.47. The van der Waals surface area contributed by atoms with Gasteiger partial charge in [0.15, 0.2) is 0 Å². The Kier molecular flexibility index (Phi) is 4.76. The third-order valence-electron chi connectivity index (χ3n) is 3.08. The van der Waals surface area contributed by atoms with Crippen LogP contribution in [0, 0.1) is 11.3 Å². The number of benzene rings is 1. The van der Waals surface area contributed by atoms with Gasteiger partial charge in [0, 0.05) is 17.7 Å². The van der Waals surface area contributed by atoms with Crippen molar-refractivity contribution in [2.75, 3.05) is 25.2 Å². The molecule has 4 N–H and O–H groups in total. The van der Waals surface area contributed by atoms with Crippen LogP contribution >= 0.6 is 0 Å². The monoisotopic (exact) mass is 299 g/mol. The van der Waals surface area contributed by atoms with Crippen molar-refractivity contribution in [3.63, 3.8) is 0 Å². The molecule has 2 aromatic rings. The van der Waals surface area contributed by atoms with E-state index >= 15 is 0 Å². The topological polar surface area (TPSA) is 120 Å². The summed E-state index contributed by atoms with van der Waals surface area (Å²) in [5.74, 6) is 0.784. The minimum atomic E-state index is 0.0219. The summed E-state index contributed by atoms with van der Waals surface area (Å²) < 4.78 is 10.7. The molecule has 1 aromatic heterocycles. The molecular formula is C15H17N5O2. The zero-order valence-corrected chi connectivity index (χ0v) is 12.5. The number of rotatable bonds is 5. The van der Waals surface area contributed by atoms with Crippen LogP contribution in [0.1, 0.15) is 18.1 Å². The number of hydrogen-bond donors (Lipinski definition) is 2. The number of aromatic nitrogens is 2. The predicted molar refractivity (Wildman–Crippen MR) is 82.9 cm³/mol. The molecule has 0 aliphatic heterocycles. The minimum Gasteiger partial charge on any atom is -0.496 e. The number of hydrogen-bond acceptors (Lipinski definition) is 7. The Morgan fingerprint density at radius 2 is 2.05 bits per heavy atom. The predicted octanol–water partition coefficient (Wildman–Crippen LogP) is 1.72. The van der Waals surface area contributed by atoms with Crippen molar-refractivity contribution in [2.45, 2.75) is 13.5 Å². The molecule has 1 aromatic carbocycles. The third-order valence-corrected chi connectivity index (χ3v) is 3.08. The van der Waals surface area contributed by atoms with Gasteiger partial charge in [-0.25, -0.2) is 4.98 Å². The summed E-state index contributed by atoms with van der Waals surface area (Å²) in [5.41, 5.74) is 13.5. The number of nitrogen functional groups attached to an aromatic ring is 2. The highest BCUT2D eigenvalue weighted by Gasteiger charge is 2.15. The molecule has 0 unspecified atom stereocenters. The van der Waals surface area contributed by atoms with Gasteiger partial charge in [0.1, 0.15) is 23.2 Å². The maximum atomic E-state index is 9.26. The van der Waals surface area contributed by atoms with E-state index in [1.54, 1.807) is 19.2 Å². The summed E-state index contributed by atoms with van der Waals surface area (Å²) in [7, 11) is 1.59. The van der Waals surface area contributed by atoms with Crippen LogP contribution in [0.2, 0.25) is 0 Å². The molecule has 0 spiro atoms. The summed E-state index contributed by atoms with van der Waals surface area (Å²) in [4.78, 5) is 7.94. The molecule has 114 valence electrons. The van der Waals surface area contributed by atoms with Crippen molar-refractivity contribution in [1.82, 2.24) is 9.97 Å². The lowest BCUT2D eigenvalue weighted by Crippen LogP contribution is -2.05. The van der Waals surface area contributed by atoms with Crippen LogP contribution in [-0.4, -0.2) is 23.7 Å². The molecule has 0 aliphatic carbocycles. The summed E-state index contributed by atoms with van der Waals surface area (Å²) in [6.45, 7) is 2.89. The number of nitrogens with two attached hydrogens (primary N) is 2. The van der Waals surface area contributed by atoms with E-state index in [9.17, 15) is 5.26 Å². The molecular weight excluding hydrogens is 282 g/mol. The van der Waals surface area contributed by atoms with E-state index in [2.05, 4.69) is 9.97 Å². The van der Waals surface area contributed by atoms with Crippen LogP contribution in [0.4, 0.5) is 11.8 Å². The van der Waals surface area contributed by atoms with Gasteiger partial charge in [0.2, 0.25) is 5.95 Å². The van der Waals surface area contributed by atoms with Crippen LogP contribution in [0.3, 0.4) is 0 Å². The fourth-order valence-electron chi connectivity index (χ4n) is 2.07. The number of nitriles is 1. The first-order valence-electron chi connectivity index (χ1n) is 6.68. The Hall–Kier alpha value is -2.85. The molecule has 0 aliphatic rings. The summed E-state index contributed by atoms with van der Waals surface area (Å²) >= 11 is 0. The Bertz CT molecular complexity index is 725. The minimum absolute atomic E-state index is 0.0219. The third kappa shape index (κ3) is 3.07. The Labute approximate surface area is 128 Å². The van der Waals surface area contributed by atoms with Crippen molar-refractivity contribution in [1.29, 1.82) is 5.26 Å². The Morgan fingerprint density at radius 3 is 2.68 bits per heavy atom. The summed E-state index contributed by atoms with van der Waals surface area (Å²) in [5, 5.41) is 9.26. The van der Waals surface area contributed by atoms with Gasteiger partial charge < -0.3 is 20.9 Å². The van der Waals surface area contributed by atoms with Gasteiger partial charge in [-0.1, -0.05) is 0 Å². The normalized spacial score (nSPS) is 10.2. The second-order valence-corrected chi connectivity index (χ2v) is 4.47. The van der Waals surface area contributed by atoms with Crippen LogP contribution in [-0.2, 0) is 11.3 Å². The first-order chi connectivity index (χ1) is 10.6. The van der Waals surface area contributed by atoms with Gasteiger partial charge in [-0.15, -0.1) is 0 Å². The smallest absolute Gasteiger partial charge is 0.222 e. The zero-order valence-electron chi connectivity index (χ0n) is 12.5. The molecule has 0 amide bonds. The van der Waals surface area contributed by atoms with Gasteiger partial charge in [-0.05, 0) is 25.1 Å². The number of nitrogens with zero attached hydrogens (tertiary/aromatic N) is 3. The van der Waals surface area contributed by atoms with E-state index in [1.165, 1.54) is 0 Å². The summed E-state index contributed by atoms with van der Waals surface area (Å²) in [6.07, 6.45) is 0.